The van der Waals surface area contributed by atoms with E-state index >= 15 is 0 Å². The molecule has 6 nitrogen and oxygen atoms in total. The monoisotopic (exact) mass is 370 g/mol. The molecule has 2 N–H and O–H groups in total. The minimum atomic E-state index is -0.402. The summed E-state index contributed by atoms with van der Waals surface area (Å²) in [5.41, 5.74) is 2.06. The predicted octanol–water partition coefficient (Wildman–Crippen LogP) is 5.14. The predicted molar refractivity (Wildman–Crippen MR) is 96.9 cm³/mol. The standard InChI is InChI=1S/C14H14N2O4S3/c1-9-3-5-13(11(7-9)15(17)18)21-23-22-14-6-4-10(2)8-12(14)16(19)20/h3-8,17-18H,1-2H3/q-2. The van der Waals surface area contributed by atoms with Gasteiger partial charge in [0.15, 0.2) is 0 Å². The van der Waals surface area contributed by atoms with Gasteiger partial charge >= 0.3 is 0 Å². The van der Waals surface area contributed by atoms with Crippen LogP contribution in [0.15, 0.2) is 46.2 Å². The molecule has 0 saturated heterocycles. The Morgan fingerprint density at radius 2 is 1.30 bits per heavy atom. The van der Waals surface area contributed by atoms with Crippen LogP contribution in [0, 0.1) is 24.3 Å². The number of aryl methyl sites for hydroxylation is 2. The van der Waals surface area contributed by atoms with E-state index in [0.717, 1.165) is 11.1 Å². The van der Waals surface area contributed by atoms with Gasteiger partial charge in [0.25, 0.3) is 0 Å². The Morgan fingerprint density at radius 3 is 1.78 bits per heavy atom. The van der Waals surface area contributed by atoms with Crippen LogP contribution >= 0.6 is 31.4 Å². The molecule has 23 heavy (non-hydrogen) atoms. The number of hydrogen-bond donors (Lipinski definition) is 2. The Labute approximate surface area is 145 Å². The Morgan fingerprint density at radius 1 is 0.826 bits per heavy atom. The van der Waals surface area contributed by atoms with Crippen LogP contribution in [0.5, 0.6) is 0 Å². The molecule has 0 radical (unpaired) electrons. The lowest BCUT2D eigenvalue weighted by molar-refractivity contribution is 0.0277. The van der Waals surface area contributed by atoms with Gasteiger partial charge in [-0.1, -0.05) is 12.1 Å². The van der Waals surface area contributed by atoms with Gasteiger partial charge in [0.1, 0.15) is 5.69 Å². The second-order valence-electron chi connectivity index (χ2n) is 4.72. The first-order valence-corrected chi connectivity index (χ1v) is 9.91. The number of nitrogens with zero attached hydrogens (tertiary/aromatic N) is 2. The fraction of sp³-hybridized carbons (Fsp3) is 0.143. The fourth-order valence-corrected chi connectivity index (χ4v) is 5.67. The van der Waals surface area contributed by atoms with Crippen molar-refractivity contribution in [2.45, 2.75) is 23.6 Å². The molecule has 0 heterocycles. The topological polar surface area (TPSA) is 93.1 Å². The summed E-state index contributed by atoms with van der Waals surface area (Å²) in [6.07, 6.45) is 0. The van der Waals surface area contributed by atoms with Crippen molar-refractivity contribution in [3.05, 3.63) is 57.9 Å². The summed E-state index contributed by atoms with van der Waals surface area (Å²) < 4.78 is 0. The van der Waals surface area contributed by atoms with Crippen LogP contribution in [0.4, 0.5) is 11.4 Å². The lowest BCUT2D eigenvalue weighted by Gasteiger charge is -2.39. The highest BCUT2D eigenvalue weighted by atomic mass is 33.5. The SMILES string of the molecule is Cc1ccc(SSSc2ccc(C)cc2N(O)O)c(N([O-])[O-])c1. The zero-order valence-electron chi connectivity index (χ0n) is 12.3. The Hall–Kier alpha value is -1.07. The third-order valence-corrected chi connectivity index (χ3v) is 6.78. The lowest BCUT2D eigenvalue weighted by Crippen LogP contribution is -2.11. The van der Waals surface area contributed by atoms with Crippen LogP contribution in [0.25, 0.3) is 0 Å². The smallest absolute Gasteiger partial charge is 0.109 e. The normalized spacial score (nSPS) is 10.7. The first-order chi connectivity index (χ1) is 10.9. The molecule has 0 aliphatic heterocycles. The molecule has 0 fully saturated rings. The van der Waals surface area contributed by atoms with Gasteiger partial charge in [-0.2, -0.15) is 0 Å². The molecule has 0 aliphatic carbocycles. The number of rotatable bonds is 6. The minimum Gasteiger partial charge on any atom is -0.769 e. The van der Waals surface area contributed by atoms with Crippen molar-refractivity contribution >= 4 is 42.8 Å². The van der Waals surface area contributed by atoms with Crippen LogP contribution < -0.4 is 10.5 Å². The van der Waals surface area contributed by atoms with Gasteiger partial charge < -0.3 is 15.6 Å². The largest absolute Gasteiger partial charge is 0.769 e. The van der Waals surface area contributed by atoms with Crippen molar-refractivity contribution < 1.29 is 10.4 Å². The van der Waals surface area contributed by atoms with Crippen molar-refractivity contribution in [2.24, 2.45) is 0 Å². The van der Waals surface area contributed by atoms with E-state index in [9.17, 15) is 20.8 Å². The molecule has 0 spiro atoms. The van der Waals surface area contributed by atoms with E-state index in [4.69, 9.17) is 0 Å². The van der Waals surface area contributed by atoms with Crippen LogP contribution in [-0.4, -0.2) is 10.4 Å². The second kappa shape index (κ2) is 8.15. The molecule has 0 amide bonds. The van der Waals surface area contributed by atoms with E-state index in [1.165, 1.54) is 37.5 Å². The summed E-state index contributed by atoms with van der Waals surface area (Å²) in [5.74, 6) is 0. The highest BCUT2D eigenvalue weighted by Crippen LogP contribution is 2.49. The van der Waals surface area contributed by atoms with Gasteiger partial charge in [-0.25, -0.2) is 0 Å². The van der Waals surface area contributed by atoms with Gasteiger partial charge in [-0.3, -0.25) is 10.4 Å². The van der Waals surface area contributed by atoms with E-state index < -0.39 is 5.23 Å². The van der Waals surface area contributed by atoms with Crippen molar-refractivity contribution in [2.75, 3.05) is 10.5 Å². The Kier molecular flexibility index (Phi) is 6.48. The van der Waals surface area contributed by atoms with Gasteiger partial charge in [0.2, 0.25) is 0 Å². The zero-order valence-corrected chi connectivity index (χ0v) is 14.7. The van der Waals surface area contributed by atoms with E-state index in [1.54, 1.807) is 25.1 Å². The molecule has 2 aromatic rings. The van der Waals surface area contributed by atoms with Gasteiger partial charge in [-0.15, -0.1) is 5.23 Å². The van der Waals surface area contributed by atoms with Crippen molar-refractivity contribution in [3.8, 4) is 0 Å². The summed E-state index contributed by atoms with van der Waals surface area (Å²) in [6.45, 7) is 3.65. The summed E-state index contributed by atoms with van der Waals surface area (Å²) in [6, 6.07) is 10.3. The summed E-state index contributed by atoms with van der Waals surface area (Å²) in [4.78, 5) is 1.20. The Bertz CT molecular complexity index is 626. The minimum absolute atomic E-state index is 0.0678. The lowest BCUT2D eigenvalue weighted by atomic mass is 10.2. The van der Waals surface area contributed by atoms with E-state index in [2.05, 4.69) is 0 Å². The number of anilines is 2. The molecule has 2 aromatic carbocycles. The second-order valence-corrected chi connectivity index (χ2v) is 8.71. The molecule has 0 saturated carbocycles. The molecule has 0 atom stereocenters. The van der Waals surface area contributed by atoms with Gasteiger partial charge in [0, 0.05) is 15.5 Å². The molecule has 0 bridgehead atoms. The van der Waals surface area contributed by atoms with Crippen LogP contribution in [0.3, 0.4) is 0 Å². The number of hydrogen-bond acceptors (Lipinski definition) is 9. The highest BCUT2D eigenvalue weighted by Gasteiger charge is 2.10. The quantitative estimate of drug-likeness (QED) is 0.529. The number of benzene rings is 2. The fourth-order valence-electron chi connectivity index (χ4n) is 1.79. The maximum Gasteiger partial charge on any atom is 0.109 e. The molecular formula is C14H14N2O4S3-2. The maximum absolute atomic E-state index is 11.1. The van der Waals surface area contributed by atoms with Gasteiger partial charge in [-0.05, 0) is 80.7 Å². The van der Waals surface area contributed by atoms with E-state index in [-0.39, 0.29) is 16.6 Å². The maximum atomic E-state index is 11.1. The van der Waals surface area contributed by atoms with Crippen molar-refractivity contribution in [3.63, 3.8) is 0 Å². The molecule has 9 heteroatoms. The van der Waals surface area contributed by atoms with Crippen LogP contribution in [0.1, 0.15) is 11.1 Å². The average molecular weight is 370 g/mol. The van der Waals surface area contributed by atoms with Gasteiger partial charge in [0.05, 0.1) is 0 Å². The van der Waals surface area contributed by atoms with Crippen molar-refractivity contribution in [1.82, 2.24) is 0 Å². The molecule has 124 valence electrons. The van der Waals surface area contributed by atoms with Crippen LogP contribution in [0.2, 0.25) is 0 Å². The van der Waals surface area contributed by atoms with E-state index in [0.29, 0.717) is 9.79 Å². The Balaban J connectivity index is 2.09. The molecule has 0 aliphatic rings. The first-order valence-electron chi connectivity index (χ1n) is 6.43. The van der Waals surface area contributed by atoms with Crippen molar-refractivity contribution in [1.29, 1.82) is 0 Å². The third kappa shape index (κ3) is 4.95. The van der Waals surface area contributed by atoms with E-state index in [1.807, 2.05) is 19.1 Å². The molecule has 0 unspecified atom stereocenters. The summed E-state index contributed by atoms with van der Waals surface area (Å²) in [5, 5.41) is 40.4. The zero-order chi connectivity index (χ0) is 17.0. The highest BCUT2D eigenvalue weighted by molar-refractivity contribution is 9.09. The third-order valence-electron chi connectivity index (χ3n) is 2.89. The molecular weight excluding hydrogens is 356 g/mol. The molecule has 0 aromatic heterocycles. The summed E-state index contributed by atoms with van der Waals surface area (Å²) in [7, 11) is 3.87. The first kappa shape index (κ1) is 18.3. The average Bonchev–Trinajstić information content (AvgIpc) is 2.49. The summed E-state index contributed by atoms with van der Waals surface area (Å²) >= 11 is 0. The van der Waals surface area contributed by atoms with Crippen LogP contribution in [-0.2, 0) is 0 Å². The molecule has 2 rings (SSSR count).